The number of carbonyl (C=O) groups is 1. The van der Waals surface area contributed by atoms with E-state index in [1.807, 2.05) is 30.3 Å². The Morgan fingerprint density at radius 1 is 1.36 bits per heavy atom. The summed E-state index contributed by atoms with van der Waals surface area (Å²) in [5, 5.41) is 0. The number of halogens is 2. The van der Waals surface area contributed by atoms with Crippen molar-refractivity contribution in [3.05, 3.63) is 54.1 Å². The Morgan fingerprint density at radius 3 is 2.80 bits per heavy atom. The van der Waals surface area contributed by atoms with Gasteiger partial charge in [-0.1, -0.05) is 30.3 Å². The van der Waals surface area contributed by atoms with Crippen LogP contribution in [0.3, 0.4) is 0 Å². The Kier molecular flexibility index (Phi) is 5.13. The number of hydrogen-bond donors (Lipinski definition) is 0. The monoisotopic (exact) mass is 349 g/mol. The number of imidazole rings is 1. The largest absolute Gasteiger partial charge is 0.376 e. The molecule has 0 bridgehead atoms. The first-order valence-electron chi connectivity index (χ1n) is 8.22. The maximum Gasteiger partial charge on any atom is 0.274 e. The van der Waals surface area contributed by atoms with E-state index < -0.39 is 11.8 Å². The third-order valence-electron chi connectivity index (χ3n) is 4.39. The van der Waals surface area contributed by atoms with Crippen molar-refractivity contribution in [3.63, 3.8) is 0 Å². The van der Waals surface area contributed by atoms with E-state index in [1.165, 1.54) is 11.2 Å². The number of ether oxygens (including phenoxy) is 1. The van der Waals surface area contributed by atoms with Gasteiger partial charge in [0, 0.05) is 32.8 Å². The van der Waals surface area contributed by atoms with E-state index in [-0.39, 0.29) is 44.3 Å². The molecule has 1 unspecified atom stereocenters. The Hall–Kier alpha value is -2.28. The first kappa shape index (κ1) is 17.5. The van der Waals surface area contributed by atoms with Crippen LogP contribution in [0.2, 0.25) is 0 Å². The van der Waals surface area contributed by atoms with E-state index in [0.29, 0.717) is 0 Å². The minimum absolute atomic E-state index is 0.0254. The van der Waals surface area contributed by atoms with Gasteiger partial charge in [-0.25, -0.2) is 13.8 Å². The molecule has 1 aliphatic heterocycles. The highest BCUT2D eigenvalue weighted by Gasteiger charge is 2.45. The summed E-state index contributed by atoms with van der Waals surface area (Å²) < 4.78 is 35.6. The van der Waals surface area contributed by atoms with Crippen molar-refractivity contribution in [2.24, 2.45) is 13.0 Å². The Morgan fingerprint density at radius 2 is 2.12 bits per heavy atom. The highest BCUT2D eigenvalue weighted by Crippen LogP contribution is 2.34. The third-order valence-corrected chi connectivity index (χ3v) is 4.39. The van der Waals surface area contributed by atoms with Crippen LogP contribution in [0.25, 0.3) is 0 Å². The zero-order valence-corrected chi connectivity index (χ0v) is 14.1. The van der Waals surface area contributed by atoms with Crippen molar-refractivity contribution in [2.75, 3.05) is 19.7 Å². The van der Waals surface area contributed by atoms with E-state index in [1.54, 1.807) is 17.8 Å². The maximum absolute atomic E-state index is 14.2. The van der Waals surface area contributed by atoms with Gasteiger partial charge in [0.05, 0.1) is 25.5 Å². The first-order chi connectivity index (χ1) is 12.0. The average Bonchev–Trinajstić information content (AvgIpc) is 3.03. The van der Waals surface area contributed by atoms with Gasteiger partial charge in [-0.2, -0.15) is 0 Å². The van der Waals surface area contributed by atoms with E-state index in [9.17, 15) is 13.6 Å². The highest BCUT2D eigenvalue weighted by molar-refractivity contribution is 5.92. The van der Waals surface area contributed by atoms with Gasteiger partial charge in [-0.05, 0) is 5.56 Å². The minimum atomic E-state index is -2.84. The summed E-state index contributed by atoms with van der Waals surface area (Å²) in [6.45, 7) is 0.185. The van der Waals surface area contributed by atoms with Gasteiger partial charge in [0.15, 0.2) is 0 Å². The lowest BCUT2D eigenvalue weighted by molar-refractivity contribution is -0.124. The molecular formula is C18H21F2N3O2. The van der Waals surface area contributed by atoms with Gasteiger partial charge in [0.2, 0.25) is 0 Å². The van der Waals surface area contributed by atoms with E-state index >= 15 is 0 Å². The Bertz CT molecular complexity index is 718. The topological polar surface area (TPSA) is 47.4 Å². The van der Waals surface area contributed by atoms with Gasteiger partial charge in [-0.15, -0.1) is 0 Å². The van der Waals surface area contributed by atoms with Crippen LogP contribution in [-0.4, -0.2) is 46.0 Å². The third kappa shape index (κ3) is 4.22. The second-order valence-corrected chi connectivity index (χ2v) is 6.38. The molecule has 1 aromatic heterocycles. The number of piperidine rings is 1. The lowest BCUT2D eigenvalue weighted by Gasteiger charge is -2.38. The predicted octanol–water partition coefficient (Wildman–Crippen LogP) is 2.73. The minimum Gasteiger partial charge on any atom is -0.376 e. The van der Waals surface area contributed by atoms with E-state index in [2.05, 4.69) is 4.98 Å². The van der Waals surface area contributed by atoms with Crippen molar-refractivity contribution in [1.29, 1.82) is 0 Å². The van der Waals surface area contributed by atoms with Crippen LogP contribution in [0.4, 0.5) is 8.78 Å². The molecule has 0 radical (unpaired) electrons. The molecule has 5 nitrogen and oxygen atoms in total. The number of hydrogen-bond acceptors (Lipinski definition) is 3. The number of nitrogens with zero attached hydrogens (tertiary/aromatic N) is 3. The number of rotatable bonds is 5. The number of amides is 1. The van der Waals surface area contributed by atoms with Crippen LogP contribution < -0.4 is 0 Å². The molecule has 0 spiro atoms. The molecule has 1 aromatic carbocycles. The molecule has 2 aromatic rings. The summed E-state index contributed by atoms with van der Waals surface area (Å²) >= 11 is 0. The number of benzene rings is 1. The van der Waals surface area contributed by atoms with Gasteiger partial charge >= 0.3 is 0 Å². The molecule has 25 heavy (non-hydrogen) atoms. The molecule has 0 saturated carbocycles. The molecule has 1 saturated heterocycles. The predicted molar refractivity (Wildman–Crippen MR) is 88.3 cm³/mol. The van der Waals surface area contributed by atoms with Crippen molar-refractivity contribution < 1.29 is 18.3 Å². The molecule has 1 fully saturated rings. The summed E-state index contributed by atoms with van der Waals surface area (Å²) in [5.74, 6) is -4.17. The zero-order valence-electron chi connectivity index (χ0n) is 14.1. The lowest BCUT2D eigenvalue weighted by Crippen LogP contribution is -2.50. The molecule has 7 heteroatoms. The standard InChI is InChI=1S/C18H21F2N3O2/c1-22-10-16(21-13-22)17(24)23-8-7-18(19,20)15(9-23)12-25-11-14-5-3-2-4-6-14/h2-6,10,13,15H,7-9,11-12H2,1H3. The number of aryl methyl sites for hydroxylation is 1. The fraction of sp³-hybridized carbons (Fsp3) is 0.444. The number of likely N-dealkylation sites (tertiary alicyclic amines) is 1. The second kappa shape index (κ2) is 7.31. The van der Waals surface area contributed by atoms with E-state index in [4.69, 9.17) is 4.74 Å². The summed E-state index contributed by atoms with van der Waals surface area (Å²) in [5.41, 5.74) is 1.21. The van der Waals surface area contributed by atoms with Gasteiger partial charge in [-0.3, -0.25) is 4.79 Å². The van der Waals surface area contributed by atoms with Crippen LogP contribution in [0, 0.1) is 5.92 Å². The quantitative estimate of drug-likeness (QED) is 0.834. The number of carbonyl (C=O) groups excluding carboxylic acids is 1. The smallest absolute Gasteiger partial charge is 0.274 e. The molecule has 1 atom stereocenters. The van der Waals surface area contributed by atoms with Gasteiger partial charge in [0.1, 0.15) is 5.69 Å². The normalized spacial score (nSPS) is 19.8. The SMILES string of the molecule is Cn1cnc(C(=O)N2CCC(F)(F)C(COCc3ccccc3)C2)c1. The average molecular weight is 349 g/mol. The Labute approximate surface area is 145 Å². The zero-order chi connectivity index (χ0) is 17.9. The van der Waals surface area contributed by atoms with Crippen LogP contribution in [0.1, 0.15) is 22.5 Å². The van der Waals surface area contributed by atoms with Crippen molar-refractivity contribution in [2.45, 2.75) is 19.0 Å². The van der Waals surface area contributed by atoms with Crippen LogP contribution >= 0.6 is 0 Å². The summed E-state index contributed by atoms with van der Waals surface area (Å²) in [7, 11) is 1.76. The fourth-order valence-electron chi connectivity index (χ4n) is 2.92. The van der Waals surface area contributed by atoms with Crippen molar-refractivity contribution in [1.82, 2.24) is 14.5 Å². The summed E-state index contributed by atoms with van der Waals surface area (Å²) in [4.78, 5) is 17.9. The van der Waals surface area contributed by atoms with E-state index in [0.717, 1.165) is 5.56 Å². The second-order valence-electron chi connectivity index (χ2n) is 6.38. The molecule has 134 valence electrons. The lowest BCUT2D eigenvalue weighted by atomic mass is 9.94. The Balaban J connectivity index is 1.60. The summed E-state index contributed by atoms with van der Waals surface area (Å²) in [6, 6.07) is 9.41. The van der Waals surface area contributed by atoms with Crippen molar-refractivity contribution in [3.8, 4) is 0 Å². The molecule has 0 aliphatic carbocycles. The van der Waals surface area contributed by atoms with Gasteiger partial charge < -0.3 is 14.2 Å². The molecule has 1 aliphatic rings. The molecule has 0 N–H and O–H groups in total. The molecular weight excluding hydrogens is 328 g/mol. The van der Waals surface area contributed by atoms with Crippen molar-refractivity contribution >= 4 is 5.91 Å². The molecule has 3 rings (SSSR count). The van der Waals surface area contributed by atoms with Gasteiger partial charge in [0.25, 0.3) is 11.8 Å². The van der Waals surface area contributed by atoms with Crippen LogP contribution in [0.15, 0.2) is 42.9 Å². The first-order valence-corrected chi connectivity index (χ1v) is 8.22. The number of alkyl halides is 2. The van der Waals surface area contributed by atoms with Crippen LogP contribution in [0.5, 0.6) is 0 Å². The maximum atomic E-state index is 14.2. The fourth-order valence-corrected chi connectivity index (χ4v) is 2.92. The highest BCUT2D eigenvalue weighted by atomic mass is 19.3. The summed E-state index contributed by atoms with van der Waals surface area (Å²) in [6.07, 6.45) is 2.76. The molecule has 1 amide bonds. The number of aromatic nitrogens is 2. The molecule has 2 heterocycles. The van der Waals surface area contributed by atoms with Crippen LogP contribution in [-0.2, 0) is 18.4 Å².